The molecule has 38 heavy (non-hydrogen) atoms. The van der Waals surface area contributed by atoms with Gasteiger partial charge in [0, 0.05) is 16.4 Å². The van der Waals surface area contributed by atoms with E-state index < -0.39 is 0 Å². The first kappa shape index (κ1) is 30.6. The van der Waals surface area contributed by atoms with E-state index in [-0.39, 0.29) is 51.3 Å². The van der Waals surface area contributed by atoms with Gasteiger partial charge in [-0.25, -0.2) is 9.69 Å². The van der Waals surface area contributed by atoms with E-state index in [1.807, 2.05) is 25.1 Å². The lowest BCUT2D eigenvalue weighted by Gasteiger charge is -2.26. The minimum atomic E-state index is -0.358. The molecule has 1 N–H and O–H groups in total. The largest absolute Gasteiger partial charge is 0.335 e. The van der Waals surface area contributed by atoms with E-state index in [1.165, 1.54) is 36.3 Å². The summed E-state index contributed by atoms with van der Waals surface area (Å²) in [6.07, 6.45) is 8.03. The van der Waals surface area contributed by atoms with Gasteiger partial charge in [-0.2, -0.15) is 10.1 Å². The summed E-state index contributed by atoms with van der Waals surface area (Å²) in [5, 5.41) is 9.56. The molecule has 0 bridgehead atoms. The molecular weight excluding hydrogens is 566 g/mol. The summed E-state index contributed by atoms with van der Waals surface area (Å²) in [5.74, 6) is -0.0866. The van der Waals surface area contributed by atoms with E-state index in [2.05, 4.69) is 17.3 Å². The van der Waals surface area contributed by atoms with Gasteiger partial charge in [-0.05, 0) is 50.5 Å². The Kier molecular flexibility index (Phi) is 12.0. The SMILES string of the molecule is CCCCCCCC(CCC(C)Cl)NC(=O)N(C1=NN(c2c(Cl)cc(Cl)cc2Cl)C(=O)C1)c1ccccc1. The number of amidine groups is 1. The maximum absolute atomic E-state index is 13.8. The third-order valence-corrected chi connectivity index (χ3v) is 7.34. The van der Waals surface area contributed by atoms with Crippen molar-refractivity contribution in [3.05, 3.63) is 57.5 Å². The number of nitrogens with zero attached hydrogens (tertiary/aromatic N) is 3. The van der Waals surface area contributed by atoms with Crippen LogP contribution in [0.3, 0.4) is 0 Å². The molecule has 6 nitrogen and oxygen atoms in total. The average molecular weight is 600 g/mol. The fourth-order valence-corrected chi connectivity index (χ4v) is 5.47. The molecule has 0 radical (unpaired) electrons. The Balaban J connectivity index is 1.87. The van der Waals surface area contributed by atoms with Crippen LogP contribution < -0.4 is 15.2 Å². The van der Waals surface area contributed by atoms with Crippen LogP contribution in [-0.2, 0) is 4.79 Å². The molecule has 206 valence electrons. The summed E-state index contributed by atoms with van der Waals surface area (Å²) in [5.41, 5.74) is 0.825. The Hall–Kier alpha value is -1.99. The number of hydrogen-bond acceptors (Lipinski definition) is 3. The van der Waals surface area contributed by atoms with Gasteiger partial charge < -0.3 is 5.32 Å². The number of amides is 3. The lowest BCUT2D eigenvalue weighted by Crippen LogP contribution is -2.47. The number of nitrogens with one attached hydrogen (secondary N) is 1. The molecule has 3 rings (SSSR count). The third kappa shape index (κ3) is 8.51. The lowest BCUT2D eigenvalue weighted by atomic mass is 10.0. The van der Waals surface area contributed by atoms with Crippen molar-refractivity contribution < 1.29 is 9.59 Å². The summed E-state index contributed by atoms with van der Waals surface area (Å²) >= 11 is 25.0. The first-order valence-corrected chi connectivity index (χ1v) is 14.6. The Bertz CT molecular complexity index is 1100. The molecular formula is C28H34Cl4N4O2. The fourth-order valence-electron chi connectivity index (χ4n) is 4.37. The predicted molar refractivity (Wildman–Crippen MR) is 160 cm³/mol. The van der Waals surface area contributed by atoms with E-state index in [0.717, 1.165) is 37.1 Å². The van der Waals surface area contributed by atoms with E-state index >= 15 is 0 Å². The molecule has 0 aliphatic carbocycles. The number of unbranched alkanes of at least 4 members (excludes halogenated alkanes) is 4. The molecule has 2 unspecified atom stereocenters. The molecule has 1 aliphatic heterocycles. The van der Waals surface area contributed by atoms with Gasteiger partial charge in [0.2, 0.25) is 0 Å². The summed E-state index contributed by atoms with van der Waals surface area (Å²) in [6.45, 7) is 4.15. The van der Waals surface area contributed by atoms with Gasteiger partial charge >= 0.3 is 6.03 Å². The monoisotopic (exact) mass is 598 g/mol. The van der Waals surface area contributed by atoms with Crippen molar-refractivity contribution in [3.63, 3.8) is 0 Å². The number of hydrazone groups is 1. The highest BCUT2D eigenvalue weighted by molar-refractivity contribution is 6.43. The highest BCUT2D eigenvalue weighted by atomic mass is 35.5. The number of urea groups is 1. The summed E-state index contributed by atoms with van der Waals surface area (Å²) in [4.78, 5) is 28.2. The molecule has 2 atom stereocenters. The van der Waals surface area contributed by atoms with Crippen LogP contribution in [0.2, 0.25) is 15.1 Å². The van der Waals surface area contributed by atoms with Crippen molar-refractivity contribution in [2.75, 3.05) is 9.91 Å². The molecule has 10 heteroatoms. The minimum Gasteiger partial charge on any atom is -0.335 e. The van der Waals surface area contributed by atoms with Crippen LogP contribution in [-0.4, -0.2) is 29.2 Å². The van der Waals surface area contributed by atoms with Crippen LogP contribution in [0.1, 0.15) is 71.6 Å². The fraction of sp³-hybridized carbons (Fsp3) is 0.464. The van der Waals surface area contributed by atoms with Crippen LogP contribution in [0, 0.1) is 0 Å². The maximum atomic E-state index is 13.8. The van der Waals surface area contributed by atoms with Crippen molar-refractivity contribution in [2.45, 2.75) is 83.1 Å². The summed E-state index contributed by atoms with van der Waals surface area (Å²) in [6, 6.07) is 11.7. The summed E-state index contributed by atoms with van der Waals surface area (Å²) in [7, 11) is 0. The molecule has 2 aromatic carbocycles. The van der Waals surface area contributed by atoms with Crippen LogP contribution in [0.25, 0.3) is 0 Å². The van der Waals surface area contributed by atoms with E-state index in [9.17, 15) is 9.59 Å². The lowest BCUT2D eigenvalue weighted by molar-refractivity contribution is -0.116. The van der Waals surface area contributed by atoms with Gasteiger partial charge in [0.25, 0.3) is 5.91 Å². The topological polar surface area (TPSA) is 65.0 Å². The number of rotatable bonds is 12. The number of alkyl halides is 1. The van der Waals surface area contributed by atoms with E-state index in [0.29, 0.717) is 10.7 Å². The second-order valence-corrected chi connectivity index (χ2v) is 11.5. The molecule has 0 aromatic heterocycles. The quantitative estimate of drug-likeness (QED) is 0.195. The molecule has 0 spiro atoms. The Labute approximate surface area is 245 Å². The number of halogens is 4. The highest BCUT2D eigenvalue weighted by Gasteiger charge is 2.35. The number of benzene rings is 2. The molecule has 1 aliphatic rings. The van der Waals surface area contributed by atoms with Gasteiger partial charge in [0.15, 0.2) is 0 Å². The number of para-hydroxylation sites is 1. The van der Waals surface area contributed by atoms with Crippen LogP contribution in [0.4, 0.5) is 16.2 Å². The van der Waals surface area contributed by atoms with Crippen LogP contribution in [0.15, 0.2) is 47.6 Å². The van der Waals surface area contributed by atoms with E-state index in [1.54, 1.807) is 12.1 Å². The summed E-state index contributed by atoms with van der Waals surface area (Å²) < 4.78 is 0. The highest BCUT2D eigenvalue weighted by Crippen LogP contribution is 2.38. The number of hydrogen-bond donors (Lipinski definition) is 1. The molecule has 0 saturated carbocycles. The smallest absolute Gasteiger partial charge is 0.327 e. The third-order valence-electron chi connectivity index (χ3n) is 6.33. The molecule has 1 heterocycles. The standard InChI is InChI=1S/C28H34Cl4N4O2/c1-3-4-5-6-8-11-21(15-14-19(2)29)33-28(38)35(22-12-9-7-10-13-22)25-18-26(37)36(34-25)27-23(31)16-20(30)17-24(27)32/h7,9-10,12-13,16-17,19,21H,3-6,8,11,14-15,18H2,1-2H3,(H,33,38). The van der Waals surface area contributed by atoms with Crippen LogP contribution >= 0.6 is 46.4 Å². The zero-order valence-electron chi connectivity index (χ0n) is 21.7. The maximum Gasteiger partial charge on any atom is 0.327 e. The van der Waals surface area contributed by atoms with Crippen molar-refractivity contribution in [3.8, 4) is 0 Å². The van der Waals surface area contributed by atoms with Gasteiger partial charge in [-0.1, -0.05) is 92.0 Å². The predicted octanol–water partition coefficient (Wildman–Crippen LogP) is 9.05. The zero-order chi connectivity index (χ0) is 27.7. The Morgan fingerprint density at radius 1 is 1.03 bits per heavy atom. The second kappa shape index (κ2) is 15.0. The average Bonchev–Trinajstić information content (AvgIpc) is 3.22. The Morgan fingerprint density at radius 2 is 1.68 bits per heavy atom. The van der Waals surface area contributed by atoms with Gasteiger partial charge in [0.05, 0.1) is 22.2 Å². The minimum absolute atomic E-state index is 0.0129. The molecule has 3 amide bonds. The molecule has 0 fully saturated rings. The first-order chi connectivity index (χ1) is 18.2. The van der Waals surface area contributed by atoms with Crippen LogP contribution in [0.5, 0.6) is 0 Å². The van der Waals surface area contributed by atoms with Crippen molar-refractivity contribution in [1.29, 1.82) is 0 Å². The Morgan fingerprint density at radius 3 is 2.32 bits per heavy atom. The first-order valence-electron chi connectivity index (χ1n) is 13.1. The van der Waals surface area contributed by atoms with E-state index in [4.69, 9.17) is 46.4 Å². The van der Waals surface area contributed by atoms with Gasteiger partial charge in [-0.3, -0.25) is 4.79 Å². The normalized spacial score (nSPS) is 14.8. The van der Waals surface area contributed by atoms with Crippen molar-refractivity contribution in [1.82, 2.24) is 5.32 Å². The van der Waals surface area contributed by atoms with Crippen molar-refractivity contribution in [2.24, 2.45) is 5.10 Å². The second-order valence-electron chi connectivity index (χ2n) is 9.49. The molecule has 2 aromatic rings. The molecule has 0 saturated heterocycles. The van der Waals surface area contributed by atoms with Crippen molar-refractivity contribution >= 4 is 75.6 Å². The number of anilines is 2. The van der Waals surface area contributed by atoms with Gasteiger partial charge in [0.1, 0.15) is 11.5 Å². The number of carbonyl (C=O) groups excluding carboxylic acids is 2. The zero-order valence-corrected chi connectivity index (χ0v) is 24.8. The number of carbonyl (C=O) groups is 2. The van der Waals surface area contributed by atoms with Gasteiger partial charge in [-0.15, -0.1) is 11.6 Å².